The Kier molecular flexibility index (Phi) is 5.31. The summed E-state index contributed by atoms with van der Waals surface area (Å²) in [6.07, 6.45) is 1.59. The Morgan fingerprint density at radius 1 is 0.852 bits per heavy atom. The Hall–Kier alpha value is -3.47. The largest absolute Gasteiger partial charge is 0.340 e. The van der Waals surface area contributed by atoms with Crippen molar-refractivity contribution >= 4 is 28.9 Å². The summed E-state index contributed by atoms with van der Waals surface area (Å²) >= 11 is 0. The number of anilines is 3. The number of benzene rings is 2. The molecule has 3 aromatic rings. The van der Waals surface area contributed by atoms with Crippen molar-refractivity contribution in [3.8, 4) is 0 Å². The van der Waals surface area contributed by atoms with Gasteiger partial charge >= 0.3 is 0 Å². The van der Waals surface area contributed by atoms with Gasteiger partial charge in [0, 0.05) is 28.7 Å². The molecule has 3 rings (SSSR count). The van der Waals surface area contributed by atoms with Crippen LogP contribution < -0.4 is 10.6 Å². The molecule has 136 valence electrons. The maximum atomic E-state index is 12.5. The van der Waals surface area contributed by atoms with Gasteiger partial charge in [-0.05, 0) is 68.3 Å². The molecule has 2 aromatic carbocycles. The summed E-state index contributed by atoms with van der Waals surface area (Å²) in [4.78, 5) is 28.3. The van der Waals surface area contributed by atoms with Gasteiger partial charge in [-0.2, -0.15) is 0 Å². The molecule has 0 aliphatic carbocycles. The maximum absolute atomic E-state index is 12.5. The molecular formula is C22H21N3O2. The van der Waals surface area contributed by atoms with Crippen molar-refractivity contribution < 1.29 is 9.59 Å². The second kappa shape index (κ2) is 7.83. The van der Waals surface area contributed by atoms with E-state index in [0.29, 0.717) is 22.6 Å². The Bertz CT molecular complexity index is 1010. The van der Waals surface area contributed by atoms with Crippen molar-refractivity contribution in [1.29, 1.82) is 0 Å². The number of nitrogens with zero attached hydrogens (tertiary/aromatic N) is 1. The lowest BCUT2D eigenvalue weighted by molar-refractivity contribution is 0.101. The number of pyridine rings is 1. The van der Waals surface area contributed by atoms with Gasteiger partial charge in [0.05, 0.1) is 0 Å². The number of carbonyl (C=O) groups is 2. The topological polar surface area (TPSA) is 71.1 Å². The zero-order valence-electron chi connectivity index (χ0n) is 15.5. The van der Waals surface area contributed by atoms with Crippen LogP contribution >= 0.6 is 0 Å². The number of rotatable bonds is 5. The van der Waals surface area contributed by atoms with Crippen LogP contribution in [0.25, 0.3) is 0 Å². The second-order valence-electron chi connectivity index (χ2n) is 6.44. The maximum Gasteiger partial charge on any atom is 0.255 e. The Balaban J connectivity index is 1.76. The molecule has 0 saturated carbocycles. The average Bonchev–Trinajstić information content (AvgIpc) is 2.65. The van der Waals surface area contributed by atoms with E-state index in [4.69, 9.17) is 0 Å². The molecule has 0 aliphatic rings. The highest BCUT2D eigenvalue weighted by molar-refractivity contribution is 6.05. The van der Waals surface area contributed by atoms with Crippen LogP contribution in [-0.4, -0.2) is 16.7 Å². The van der Waals surface area contributed by atoms with Crippen LogP contribution in [0.1, 0.15) is 38.8 Å². The normalized spacial score (nSPS) is 10.3. The van der Waals surface area contributed by atoms with Crippen molar-refractivity contribution in [3.05, 3.63) is 83.0 Å². The van der Waals surface area contributed by atoms with Gasteiger partial charge in [-0.3, -0.25) is 9.59 Å². The Morgan fingerprint density at radius 2 is 1.67 bits per heavy atom. The molecule has 5 heteroatoms. The number of ketones is 1. The van der Waals surface area contributed by atoms with Crippen LogP contribution in [-0.2, 0) is 0 Å². The molecule has 2 N–H and O–H groups in total. The first-order chi connectivity index (χ1) is 12.9. The average molecular weight is 359 g/mol. The summed E-state index contributed by atoms with van der Waals surface area (Å²) in [5.74, 6) is 0.277. The van der Waals surface area contributed by atoms with Crippen LogP contribution in [0, 0.1) is 13.8 Å². The van der Waals surface area contributed by atoms with Gasteiger partial charge in [-0.1, -0.05) is 18.2 Å². The summed E-state index contributed by atoms with van der Waals surface area (Å²) in [6, 6.07) is 16.3. The molecule has 27 heavy (non-hydrogen) atoms. The van der Waals surface area contributed by atoms with Gasteiger partial charge in [-0.25, -0.2) is 4.98 Å². The zero-order chi connectivity index (χ0) is 19.4. The fourth-order valence-corrected chi connectivity index (χ4v) is 2.63. The number of hydrogen-bond acceptors (Lipinski definition) is 4. The van der Waals surface area contributed by atoms with Gasteiger partial charge in [0.15, 0.2) is 5.78 Å². The quantitative estimate of drug-likeness (QED) is 0.636. The minimum absolute atomic E-state index is 0.0464. The van der Waals surface area contributed by atoms with Crippen LogP contribution in [0.4, 0.5) is 17.2 Å². The summed E-state index contributed by atoms with van der Waals surface area (Å²) in [7, 11) is 0. The first kappa shape index (κ1) is 18.3. The second-order valence-corrected chi connectivity index (χ2v) is 6.44. The molecular weight excluding hydrogens is 338 g/mol. The lowest BCUT2D eigenvalue weighted by atomic mass is 10.1. The van der Waals surface area contributed by atoms with Crippen LogP contribution in [0.5, 0.6) is 0 Å². The summed E-state index contributed by atoms with van der Waals surface area (Å²) in [6.45, 7) is 5.60. The Labute approximate surface area is 158 Å². The number of amides is 1. The molecule has 0 unspecified atom stereocenters. The SMILES string of the molecule is CC(=O)c1cccc(NC(=O)c2ccnc(Nc3ccc(C)c(C)c3)c2)c1. The van der Waals surface area contributed by atoms with E-state index in [2.05, 4.69) is 22.5 Å². The third kappa shape index (κ3) is 4.58. The standard InChI is InChI=1S/C22H21N3O2/c1-14-7-8-20(11-15(14)2)24-21-13-18(9-10-23-21)22(27)25-19-6-4-5-17(12-19)16(3)26/h4-13H,1-3H3,(H,23,24)(H,25,27). The molecule has 1 amide bonds. The predicted octanol–water partition coefficient (Wildman–Crippen LogP) is 4.90. The number of aromatic nitrogens is 1. The summed E-state index contributed by atoms with van der Waals surface area (Å²) in [5.41, 5.74) is 4.92. The smallest absolute Gasteiger partial charge is 0.255 e. The van der Waals surface area contributed by atoms with E-state index in [0.717, 1.165) is 5.69 Å². The molecule has 0 fully saturated rings. The zero-order valence-corrected chi connectivity index (χ0v) is 15.5. The van der Waals surface area contributed by atoms with Gasteiger partial charge in [0.25, 0.3) is 5.91 Å². The number of nitrogens with one attached hydrogen (secondary N) is 2. The fraction of sp³-hybridized carbons (Fsp3) is 0.136. The first-order valence-electron chi connectivity index (χ1n) is 8.65. The van der Waals surface area contributed by atoms with Gasteiger partial charge in [0.1, 0.15) is 5.82 Å². The summed E-state index contributed by atoms with van der Waals surface area (Å²) < 4.78 is 0. The minimum atomic E-state index is -0.263. The molecule has 0 bridgehead atoms. The monoisotopic (exact) mass is 359 g/mol. The van der Waals surface area contributed by atoms with Crippen molar-refractivity contribution in [2.75, 3.05) is 10.6 Å². The van der Waals surface area contributed by atoms with Crippen LogP contribution in [0.15, 0.2) is 60.8 Å². The van der Waals surface area contributed by atoms with Gasteiger partial charge < -0.3 is 10.6 Å². The molecule has 0 saturated heterocycles. The van der Waals surface area contributed by atoms with E-state index < -0.39 is 0 Å². The highest BCUT2D eigenvalue weighted by Gasteiger charge is 2.09. The Morgan fingerprint density at radius 3 is 2.41 bits per heavy atom. The van der Waals surface area contributed by atoms with Crippen LogP contribution in [0.2, 0.25) is 0 Å². The van der Waals surface area contributed by atoms with Crippen molar-refractivity contribution in [2.24, 2.45) is 0 Å². The molecule has 1 heterocycles. The lowest BCUT2D eigenvalue weighted by Gasteiger charge is -2.10. The van der Waals surface area contributed by atoms with Gasteiger partial charge in [0.2, 0.25) is 0 Å². The van der Waals surface area contributed by atoms with Crippen molar-refractivity contribution in [2.45, 2.75) is 20.8 Å². The molecule has 0 aliphatic heterocycles. The van der Waals surface area contributed by atoms with Crippen LogP contribution in [0.3, 0.4) is 0 Å². The summed E-state index contributed by atoms with van der Waals surface area (Å²) in [5, 5.41) is 6.03. The fourth-order valence-electron chi connectivity index (χ4n) is 2.63. The first-order valence-corrected chi connectivity index (χ1v) is 8.65. The minimum Gasteiger partial charge on any atom is -0.340 e. The van der Waals surface area contributed by atoms with E-state index in [1.165, 1.54) is 18.1 Å². The molecule has 0 atom stereocenters. The molecule has 1 aromatic heterocycles. The highest BCUT2D eigenvalue weighted by Crippen LogP contribution is 2.19. The molecule has 0 spiro atoms. The molecule has 0 radical (unpaired) electrons. The number of hydrogen-bond donors (Lipinski definition) is 2. The number of aryl methyl sites for hydroxylation is 2. The van der Waals surface area contributed by atoms with E-state index in [1.807, 2.05) is 25.1 Å². The molecule has 5 nitrogen and oxygen atoms in total. The lowest BCUT2D eigenvalue weighted by Crippen LogP contribution is -2.12. The third-order valence-corrected chi connectivity index (χ3v) is 4.33. The van der Waals surface area contributed by atoms with E-state index in [9.17, 15) is 9.59 Å². The number of carbonyl (C=O) groups excluding carboxylic acids is 2. The van der Waals surface area contributed by atoms with E-state index in [-0.39, 0.29) is 11.7 Å². The van der Waals surface area contributed by atoms with Crippen molar-refractivity contribution in [3.63, 3.8) is 0 Å². The number of Topliss-reactive ketones (excluding diaryl/α,β-unsaturated/α-hetero) is 1. The van der Waals surface area contributed by atoms with E-state index in [1.54, 1.807) is 42.6 Å². The third-order valence-electron chi connectivity index (χ3n) is 4.33. The highest BCUT2D eigenvalue weighted by atomic mass is 16.1. The van der Waals surface area contributed by atoms with E-state index >= 15 is 0 Å². The predicted molar refractivity (Wildman–Crippen MR) is 108 cm³/mol. The van der Waals surface area contributed by atoms with Crippen molar-refractivity contribution in [1.82, 2.24) is 4.98 Å². The van der Waals surface area contributed by atoms with Gasteiger partial charge in [-0.15, -0.1) is 0 Å².